The van der Waals surface area contributed by atoms with Gasteiger partial charge < -0.3 is 4.98 Å². The number of hydrogen-bond acceptors (Lipinski definition) is 0. The predicted octanol–water partition coefficient (Wildman–Crippen LogP) is 4.63. The fourth-order valence-corrected chi connectivity index (χ4v) is 2.47. The summed E-state index contributed by atoms with van der Waals surface area (Å²) in [5.74, 6) is 0.860. The summed E-state index contributed by atoms with van der Waals surface area (Å²) >= 11 is 0. The lowest BCUT2D eigenvalue weighted by Crippen LogP contribution is -1.99. The molecule has 1 heterocycles. The molecule has 0 atom stereocenters. The molecule has 0 aliphatic rings. The van der Waals surface area contributed by atoms with Gasteiger partial charge in [0.1, 0.15) is 5.82 Å². The lowest BCUT2D eigenvalue weighted by molar-refractivity contribution is 0.629. The van der Waals surface area contributed by atoms with Crippen molar-refractivity contribution in [1.82, 2.24) is 4.98 Å². The molecule has 1 aromatic heterocycles. The minimum Gasteiger partial charge on any atom is -0.358 e. The van der Waals surface area contributed by atoms with E-state index < -0.39 is 0 Å². The Labute approximate surface area is 102 Å². The lowest BCUT2D eigenvalue weighted by Gasteiger charge is -2.10. The predicted molar refractivity (Wildman–Crippen MR) is 70.9 cm³/mol. The first-order valence-corrected chi connectivity index (χ1v) is 6.29. The molecule has 2 rings (SSSR count). The zero-order chi connectivity index (χ0) is 12.6. The summed E-state index contributed by atoms with van der Waals surface area (Å²) in [6.07, 6.45) is 1.02. The van der Waals surface area contributed by atoms with E-state index in [1.165, 1.54) is 17.3 Å². The molecular weight excluding hydrogens is 213 g/mol. The second-order valence-electron chi connectivity index (χ2n) is 5.46. The highest BCUT2D eigenvalue weighted by atomic mass is 19.1. The third-order valence-electron chi connectivity index (χ3n) is 3.07. The molecule has 0 fully saturated rings. The van der Waals surface area contributed by atoms with Gasteiger partial charge in [-0.3, -0.25) is 0 Å². The first kappa shape index (κ1) is 12.2. The van der Waals surface area contributed by atoms with Crippen LogP contribution in [0, 0.1) is 11.7 Å². The molecule has 1 N–H and O–H groups in total. The van der Waals surface area contributed by atoms with E-state index in [2.05, 4.69) is 32.7 Å². The highest BCUT2D eigenvalue weighted by Crippen LogP contribution is 2.31. The quantitative estimate of drug-likeness (QED) is 0.795. The van der Waals surface area contributed by atoms with Crippen LogP contribution in [-0.2, 0) is 6.42 Å². The minimum absolute atomic E-state index is 0.158. The molecule has 0 saturated heterocycles. The van der Waals surface area contributed by atoms with E-state index in [0.29, 0.717) is 11.8 Å². The van der Waals surface area contributed by atoms with Crippen LogP contribution in [0.1, 0.15) is 44.9 Å². The number of fused-ring (bicyclic) bond motifs is 1. The molecule has 2 aromatic rings. The molecule has 1 nitrogen and oxygen atoms in total. The van der Waals surface area contributed by atoms with Crippen molar-refractivity contribution < 1.29 is 4.39 Å². The van der Waals surface area contributed by atoms with Gasteiger partial charge in [-0.15, -0.1) is 0 Å². The molecule has 0 spiro atoms. The summed E-state index contributed by atoms with van der Waals surface area (Å²) in [7, 11) is 0. The summed E-state index contributed by atoms with van der Waals surface area (Å²) in [6, 6.07) is 4.99. The van der Waals surface area contributed by atoms with Crippen molar-refractivity contribution in [1.29, 1.82) is 0 Å². The van der Waals surface area contributed by atoms with Gasteiger partial charge in [-0.2, -0.15) is 0 Å². The van der Waals surface area contributed by atoms with E-state index >= 15 is 0 Å². The van der Waals surface area contributed by atoms with Gasteiger partial charge in [0.15, 0.2) is 0 Å². The van der Waals surface area contributed by atoms with Gasteiger partial charge in [-0.05, 0) is 42.0 Å². The van der Waals surface area contributed by atoms with E-state index in [9.17, 15) is 4.39 Å². The number of rotatable bonds is 3. The van der Waals surface area contributed by atoms with Crippen LogP contribution >= 0.6 is 0 Å². The summed E-state index contributed by atoms with van der Waals surface area (Å²) in [5.41, 5.74) is 3.58. The van der Waals surface area contributed by atoms with E-state index in [1.54, 1.807) is 6.07 Å². The lowest BCUT2D eigenvalue weighted by atomic mass is 9.95. The second-order valence-corrected chi connectivity index (χ2v) is 5.46. The normalized spacial score (nSPS) is 11.9. The van der Waals surface area contributed by atoms with E-state index in [0.717, 1.165) is 17.3 Å². The van der Waals surface area contributed by atoms with Crippen LogP contribution < -0.4 is 0 Å². The highest BCUT2D eigenvalue weighted by molar-refractivity contribution is 5.85. The van der Waals surface area contributed by atoms with Crippen molar-refractivity contribution in [2.75, 3.05) is 0 Å². The molecule has 0 radical (unpaired) electrons. The Hall–Kier alpha value is -1.31. The van der Waals surface area contributed by atoms with Crippen molar-refractivity contribution in [3.63, 3.8) is 0 Å². The number of hydrogen-bond donors (Lipinski definition) is 1. The molecule has 0 aliphatic carbocycles. The third kappa shape index (κ3) is 2.36. The highest BCUT2D eigenvalue weighted by Gasteiger charge is 2.15. The molecule has 0 amide bonds. The Morgan fingerprint density at radius 1 is 1.18 bits per heavy atom. The molecule has 2 heteroatoms. The number of aromatic nitrogens is 1. The standard InChI is InChI=1S/C15H20FN/c1-9(2)7-14-15(10(3)4)12-8-11(16)5-6-13(12)17-14/h5-6,8-10,17H,7H2,1-4H3. The van der Waals surface area contributed by atoms with Crippen molar-refractivity contribution in [2.45, 2.75) is 40.0 Å². The molecule has 0 bridgehead atoms. The molecule has 0 saturated carbocycles. The first-order chi connectivity index (χ1) is 7.99. The first-order valence-electron chi connectivity index (χ1n) is 6.29. The molecule has 0 aliphatic heterocycles. The fraction of sp³-hybridized carbons (Fsp3) is 0.467. The molecule has 1 aromatic carbocycles. The summed E-state index contributed by atoms with van der Waals surface area (Å²) in [4.78, 5) is 3.44. The van der Waals surface area contributed by atoms with E-state index in [4.69, 9.17) is 0 Å². The number of H-pyrrole nitrogens is 1. The zero-order valence-corrected chi connectivity index (χ0v) is 11.0. The van der Waals surface area contributed by atoms with Crippen molar-refractivity contribution >= 4 is 10.9 Å². The van der Waals surface area contributed by atoms with Crippen LogP contribution in [0.5, 0.6) is 0 Å². The summed E-state index contributed by atoms with van der Waals surface area (Å²) < 4.78 is 13.3. The maximum absolute atomic E-state index is 13.3. The Morgan fingerprint density at radius 3 is 2.47 bits per heavy atom. The molecule has 17 heavy (non-hydrogen) atoms. The number of benzene rings is 1. The molecule has 0 unspecified atom stereocenters. The van der Waals surface area contributed by atoms with Crippen LogP contribution in [0.2, 0.25) is 0 Å². The van der Waals surface area contributed by atoms with Crippen LogP contribution in [-0.4, -0.2) is 4.98 Å². The van der Waals surface area contributed by atoms with Crippen molar-refractivity contribution in [3.05, 3.63) is 35.3 Å². The smallest absolute Gasteiger partial charge is 0.123 e. The third-order valence-corrected chi connectivity index (χ3v) is 3.07. The second kappa shape index (κ2) is 4.52. The number of aromatic amines is 1. The molecular formula is C15H20FN. The van der Waals surface area contributed by atoms with Gasteiger partial charge in [-0.1, -0.05) is 27.7 Å². The van der Waals surface area contributed by atoms with Gasteiger partial charge in [0, 0.05) is 16.6 Å². The monoisotopic (exact) mass is 233 g/mol. The van der Waals surface area contributed by atoms with Gasteiger partial charge in [0.05, 0.1) is 0 Å². The van der Waals surface area contributed by atoms with Crippen molar-refractivity contribution in [2.24, 2.45) is 5.92 Å². The van der Waals surface area contributed by atoms with E-state index in [1.807, 2.05) is 6.07 Å². The average molecular weight is 233 g/mol. The van der Waals surface area contributed by atoms with Crippen LogP contribution in [0.15, 0.2) is 18.2 Å². The van der Waals surface area contributed by atoms with Crippen molar-refractivity contribution in [3.8, 4) is 0 Å². The van der Waals surface area contributed by atoms with Gasteiger partial charge in [0.25, 0.3) is 0 Å². The van der Waals surface area contributed by atoms with Crippen LogP contribution in [0.4, 0.5) is 4.39 Å². The van der Waals surface area contributed by atoms with Gasteiger partial charge in [0.2, 0.25) is 0 Å². The Bertz CT molecular complexity index is 523. The van der Waals surface area contributed by atoms with Crippen LogP contribution in [0.3, 0.4) is 0 Å². The summed E-state index contributed by atoms with van der Waals surface area (Å²) in [5, 5.41) is 1.04. The minimum atomic E-state index is -0.158. The maximum Gasteiger partial charge on any atom is 0.123 e. The Balaban J connectivity index is 2.63. The number of halogens is 1. The van der Waals surface area contributed by atoms with E-state index in [-0.39, 0.29) is 5.82 Å². The molecule has 92 valence electrons. The maximum atomic E-state index is 13.3. The average Bonchev–Trinajstić information content (AvgIpc) is 2.53. The Morgan fingerprint density at radius 2 is 1.88 bits per heavy atom. The van der Waals surface area contributed by atoms with Crippen LogP contribution in [0.25, 0.3) is 10.9 Å². The topological polar surface area (TPSA) is 15.8 Å². The fourth-order valence-electron chi connectivity index (χ4n) is 2.47. The van der Waals surface area contributed by atoms with Gasteiger partial charge >= 0.3 is 0 Å². The largest absolute Gasteiger partial charge is 0.358 e. The number of nitrogens with one attached hydrogen (secondary N) is 1. The summed E-state index contributed by atoms with van der Waals surface area (Å²) in [6.45, 7) is 8.74. The SMILES string of the molecule is CC(C)Cc1[nH]c2ccc(F)cc2c1C(C)C. The van der Waals surface area contributed by atoms with Gasteiger partial charge in [-0.25, -0.2) is 4.39 Å². The zero-order valence-electron chi connectivity index (χ0n) is 11.0. The Kier molecular flexibility index (Phi) is 3.23.